The number of aryl methyl sites for hydroxylation is 1. The smallest absolute Gasteiger partial charge is 0.214 e. The molecule has 1 atom stereocenters. The Labute approximate surface area is 178 Å². The van der Waals surface area contributed by atoms with Crippen molar-refractivity contribution in [3.8, 4) is 11.3 Å². The van der Waals surface area contributed by atoms with E-state index in [1.807, 2.05) is 14.0 Å². The van der Waals surface area contributed by atoms with E-state index in [1.54, 1.807) is 6.20 Å². The standard InChI is InChI=1S/C20H28N4O2.HI/c1-4-25-14-16-9-10-24(13-16)20(21-3)23-12-19-22-11-18(26-19)17-7-5-15(2)6-8-17;/h5-8,11,16H,4,9-10,12-14H2,1-3H3,(H,21,23);1H. The fourth-order valence-corrected chi connectivity index (χ4v) is 3.18. The van der Waals surface area contributed by atoms with Gasteiger partial charge in [-0.05, 0) is 20.3 Å². The summed E-state index contributed by atoms with van der Waals surface area (Å²) in [6.07, 6.45) is 2.91. The molecule has 1 aliphatic rings. The van der Waals surface area contributed by atoms with Crippen molar-refractivity contribution in [2.75, 3.05) is 33.4 Å². The van der Waals surface area contributed by atoms with Gasteiger partial charge in [-0.3, -0.25) is 4.99 Å². The van der Waals surface area contributed by atoms with Crippen molar-refractivity contribution in [2.45, 2.75) is 26.8 Å². The number of guanidine groups is 1. The number of likely N-dealkylation sites (tertiary alicyclic amines) is 1. The van der Waals surface area contributed by atoms with Gasteiger partial charge in [0, 0.05) is 38.2 Å². The number of aliphatic imine (C=N–C) groups is 1. The fraction of sp³-hybridized carbons (Fsp3) is 0.500. The van der Waals surface area contributed by atoms with Crippen molar-refractivity contribution in [2.24, 2.45) is 10.9 Å². The van der Waals surface area contributed by atoms with Gasteiger partial charge in [0.15, 0.2) is 11.7 Å². The average molecular weight is 484 g/mol. The predicted molar refractivity (Wildman–Crippen MR) is 118 cm³/mol. The van der Waals surface area contributed by atoms with Gasteiger partial charge in [-0.15, -0.1) is 24.0 Å². The van der Waals surface area contributed by atoms with Crippen molar-refractivity contribution in [1.82, 2.24) is 15.2 Å². The summed E-state index contributed by atoms with van der Waals surface area (Å²) in [6.45, 7) is 8.19. The molecule has 1 N–H and O–H groups in total. The Balaban J connectivity index is 0.00000261. The van der Waals surface area contributed by atoms with E-state index in [2.05, 4.69) is 51.4 Å². The number of oxazole rings is 1. The molecule has 1 aliphatic heterocycles. The van der Waals surface area contributed by atoms with E-state index in [0.717, 1.165) is 50.0 Å². The van der Waals surface area contributed by atoms with Crippen LogP contribution < -0.4 is 5.32 Å². The Bertz CT molecular complexity index is 730. The first-order chi connectivity index (χ1) is 12.7. The van der Waals surface area contributed by atoms with Crippen LogP contribution in [0.15, 0.2) is 39.9 Å². The van der Waals surface area contributed by atoms with Gasteiger partial charge in [-0.2, -0.15) is 0 Å². The minimum Gasteiger partial charge on any atom is -0.439 e. The quantitative estimate of drug-likeness (QED) is 0.385. The number of nitrogens with one attached hydrogen (secondary N) is 1. The first kappa shape index (κ1) is 21.7. The first-order valence-corrected chi connectivity index (χ1v) is 9.24. The third kappa shape index (κ3) is 5.93. The topological polar surface area (TPSA) is 62.9 Å². The normalized spacial score (nSPS) is 17.1. The van der Waals surface area contributed by atoms with Gasteiger partial charge in [-0.25, -0.2) is 4.98 Å². The van der Waals surface area contributed by atoms with E-state index >= 15 is 0 Å². The van der Waals surface area contributed by atoms with Crippen LogP contribution >= 0.6 is 24.0 Å². The van der Waals surface area contributed by atoms with Crippen molar-refractivity contribution in [3.05, 3.63) is 41.9 Å². The Morgan fingerprint density at radius 3 is 2.85 bits per heavy atom. The molecule has 1 aromatic heterocycles. The Kier molecular flexibility index (Phi) is 8.56. The molecule has 0 saturated carbocycles. The van der Waals surface area contributed by atoms with E-state index < -0.39 is 0 Å². The van der Waals surface area contributed by atoms with Crippen LogP contribution in [0.4, 0.5) is 0 Å². The summed E-state index contributed by atoms with van der Waals surface area (Å²) in [5, 5.41) is 3.36. The molecule has 7 heteroatoms. The summed E-state index contributed by atoms with van der Waals surface area (Å²) in [7, 11) is 1.81. The molecule has 0 bridgehead atoms. The molecular weight excluding hydrogens is 455 g/mol. The van der Waals surface area contributed by atoms with Crippen LogP contribution in [-0.4, -0.2) is 49.2 Å². The van der Waals surface area contributed by atoms with Crippen molar-refractivity contribution < 1.29 is 9.15 Å². The highest BCUT2D eigenvalue weighted by molar-refractivity contribution is 14.0. The van der Waals surface area contributed by atoms with Gasteiger partial charge in [0.05, 0.1) is 19.3 Å². The molecule has 1 aromatic carbocycles. The fourth-order valence-electron chi connectivity index (χ4n) is 3.18. The lowest BCUT2D eigenvalue weighted by molar-refractivity contribution is 0.114. The molecule has 148 valence electrons. The molecule has 6 nitrogen and oxygen atoms in total. The van der Waals surface area contributed by atoms with E-state index in [4.69, 9.17) is 9.15 Å². The number of ether oxygens (including phenoxy) is 1. The molecule has 0 radical (unpaired) electrons. The largest absolute Gasteiger partial charge is 0.439 e. The van der Waals surface area contributed by atoms with Crippen LogP contribution in [0.5, 0.6) is 0 Å². The third-order valence-electron chi connectivity index (χ3n) is 4.64. The van der Waals surface area contributed by atoms with Crippen molar-refractivity contribution in [3.63, 3.8) is 0 Å². The zero-order valence-corrected chi connectivity index (χ0v) is 18.6. The van der Waals surface area contributed by atoms with Crippen molar-refractivity contribution >= 4 is 29.9 Å². The molecule has 0 aliphatic carbocycles. The zero-order valence-electron chi connectivity index (χ0n) is 16.3. The van der Waals surface area contributed by atoms with Crippen LogP contribution in [0, 0.1) is 12.8 Å². The number of hydrogen-bond acceptors (Lipinski definition) is 4. The van der Waals surface area contributed by atoms with Crippen molar-refractivity contribution in [1.29, 1.82) is 0 Å². The number of hydrogen-bond donors (Lipinski definition) is 1. The third-order valence-corrected chi connectivity index (χ3v) is 4.64. The highest BCUT2D eigenvalue weighted by atomic mass is 127. The van der Waals surface area contributed by atoms with Crippen LogP contribution in [0.2, 0.25) is 0 Å². The summed E-state index contributed by atoms with van der Waals surface area (Å²) in [5.74, 6) is 2.91. The number of rotatable bonds is 6. The average Bonchev–Trinajstić information content (AvgIpc) is 3.31. The second-order valence-electron chi connectivity index (χ2n) is 6.65. The predicted octanol–water partition coefficient (Wildman–Crippen LogP) is 3.70. The van der Waals surface area contributed by atoms with E-state index in [9.17, 15) is 0 Å². The molecular formula is C20H29IN4O2. The molecule has 1 saturated heterocycles. The molecule has 0 amide bonds. The highest BCUT2D eigenvalue weighted by Crippen LogP contribution is 2.21. The zero-order chi connectivity index (χ0) is 18.4. The maximum atomic E-state index is 5.87. The number of benzene rings is 1. The lowest BCUT2D eigenvalue weighted by atomic mass is 10.1. The Morgan fingerprint density at radius 2 is 2.15 bits per heavy atom. The van der Waals surface area contributed by atoms with Gasteiger partial charge >= 0.3 is 0 Å². The maximum Gasteiger partial charge on any atom is 0.214 e. The van der Waals surface area contributed by atoms with E-state index in [1.165, 1.54) is 5.56 Å². The highest BCUT2D eigenvalue weighted by Gasteiger charge is 2.25. The summed E-state index contributed by atoms with van der Waals surface area (Å²) in [5.41, 5.74) is 2.27. The van der Waals surface area contributed by atoms with Gasteiger partial charge in [0.2, 0.25) is 5.89 Å². The summed E-state index contributed by atoms with van der Waals surface area (Å²) in [6, 6.07) is 8.25. The molecule has 3 rings (SSSR count). The molecule has 0 spiro atoms. The van der Waals surface area contributed by atoms with Crippen LogP contribution in [0.25, 0.3) is 11.3 Å². The van der Waals surface area contributed by atoms with Gasteiger partial charge in [-0.1, -0.05) is 29.8 Å². The lowest BCUT2D eigenvalue weighted by Gasteiger charge is -2.21. The van der Waals surface area contributed by atoms with Crippen LogP contribution in [0.3, 0.4) is 0 Å². The molecule has 2 heterocycles. The summed E-state index contributed by atoms with van der Waals surface area (Å²) < 4.78 is 11.4. The number of nitrogens with zero attached hydrogens (tertiary/aromatic N) is 3. The van der Waals surface area contributed by atoms with Gasteiger partial charge < -0.3 is 19.4 Å². The Hall–Kier alpha value is -1.61. The second kappa shape index (κ2) is 10.7. The second-order valence-corrected chi connectivity index (χ2v) is 6.65. The maximum absolute atomic E-state index is 5.87. The van der Waals surface area contributed by atoms with E-state index in [0.29, 0.717) is 18.4 Å². The monoisotopic (exact) mass is 484 g/mol. The SMILES string of the molecule is CCOCC1CCN(C(=NC)NCc2ncc(-c3ccc(C)cc3)o2)C1.I. The molecule has 1 fully saturated rings. The minimum absolute atomic E-state index is 0. The minimum atomic E-state index is 0. The van der Waals surface area contributed by atoms with E-state index in [-0.39, 0.29) is 24.0 Å². The number of aromatic nitrogens is 1. The molecule has 27 heavy (non-hydrogen) atoms. The first-order valence-electron chi connectivity index (χ1n) is 9.24. The lowest BCUT2D eigenvalue weighted by Crippen LogP contribution is -2.39. The summed E-state index contributed by atoms with van der Waals surface area (Å²) in [4.78, 5) is 11.0. The Morgan fingerprint density at radius 1 is 1.37 bits per heavy atom. The van der Waals surface area contributed by atoms with Gasteiger partial charge in [0.1, 0.15) is 0 Å². The van der Waals surface area contributed by atoms with Crippen LogP contribution in [0.1, 0.15) is 24.8 Å². The van der Waals surface area contributed by atoms with Crippen LogP contribution in [-0.2, 0) is 11.3 Å². The molecule has 1 unspecified atom stereocenters. The number of halogens is 1. The molecule has 2 aromatic rings. The van der Waals surface area contributed by atoms with Gasteiger partial charge in [0.25, 0.3) is 0 Å². The summed E-state index contributed by atoms with van der Waals surface area (Å²) >= 11 is 0.